The lowest BCUT2D eigenvalue weighted by Crippen LogP contribution is -2.08. The van der Waals surface area contributed by atoms with E-state index in [9.17, 15) is 14.4 Å². The van der Waals surface area contributed by atoms with Crippen LogP contribution in [0.15, 0.2) is 78.9 Å². The number of nitrogens with zero attached hydrogens (tertiary/aromatic N) is 2. The molecule has 0 unspecified atom stereocenters. The fourth-order valence-corrected chi connectivity index (χ4v) is 8.64. The van der Waals surface area contributed by atoms with Gasteiger partial charge in [-0.15, -0.1) is 0 Å². The zero-order valence-corrected chi connectivity index (χ0v) is 44.7. The Bertz CT molecular complexity index is 1800. The fourth-order valence-electron chi connectivity index (χ4n) is 8.64. The standard InChI is InChI=1S/C61H91N5O6/c1-4-7-10-13-16-19-22-25-28-31-46-70-58(67)50-34-40-53(41-35-50)62-56-49-57(63-54-42-36-51(37-43-54)59(68)71-47-32-29-26-23-20-17-14-11-8-5-2)66-61(65-56)64-55-44-38-52(39-45-55)60(69)72-48-33-30-27-24-21-18-15-12-9-6-3/h34-45,49H,4-33,46-48H2,1-3H3,(H3,62,63,64,65,66). The smallest absolute Gasteiger partial charge is 0.338 e. The zero-order chi connectivity index (χ0) is 51.1. The van der Waals surface area contributed by atoms with Crippen LogP contribution in [0.3, 0.4) is 0 Å². The molecule has 72 heavy (non-hydrogen) atoms. The molecule has 0 bridgehead atoms. The van der Waals surface area contributed by atoms with Crippen LogP contribution in [-0.2, 0) is 14.2 Å². The summed E-state index contributed by atoms with van der Waals surface area (Å²) in [4.78, 5) is 48.1. The number of carbonyl (C=O) groups excluding carboxylic acids is 3. The molecule has 0 saturated carbocycles. The van der Waals surface area contributed by atoms with E-state index in [-0.39, 0.29) is 17.9 Å². The summed E-state index contributed by atoms with van der Waals surface area (Å²) in [6.07, 6.45) is 36.7. The summed E-state index contributed by atoms with van der Waals surface area (Å²) < 4.78 is 16.8. The highest BCUT2D eigenvalue weighted by Crippen LogP contribution is 2.26. The van der Waals surface area contributed by atoms with Gasteiger partial charge >= 0.3 is 17.9 Å². The van der Waals surface area contributed by atoms with Crippen molar-refractivity contribution in [1.29, 1.82) is 0 Å². The van der Waals surface area contributed by atoms with E-state index < -0.39 is 0 Å². The number of nitrogens with one attached hydrogen (secondary N) is 3. The number of esters is 3. The highest BCUT2D eigenvalue weighted by Gasteiger charge is 2.13. The SMILES string of the molecule is CCCCCCCCCCCCOC(=O)c1ccc(Nc2cc(Nc3ccc(C(=O)OCCCCCCCCCCCC)cc3)nc(Nc3ccc(C(=O)OCCCCCCCCCCCC)cc3)n2)cc1. The molecule has 11 heteroatoms. The number of anilines is 6. The van der Waals surface area contributed by atoms with E-state index in [4.69, 9.17) is 24.2 Å². The van der Waals surface area contributed by atoms with Crippen LogP contribution in [0.25, 0.3) is 0 Å². The number of unbranched alkanes of at least 4 members (excludes halogenated alkanes) is 27. The van der Waals surface area contributed by atoms with E-state index in [2.05, 4.69) is 36.7 Å². The maximum absolute atomic E-state index is 12.9. The van der Waals surface area contributed by atoms with Gasteiger partial charge in [0.25, 0.3) is 0 Å². The highest BCUT2D eigenvalue weighted by atomic mass is 16.5. The van der Waals surface area contributed by atoms with E-state index in [0.29, 0.717) is 59.8 Å². The minimum atomic E-state index is -0.340. The number of benzene rings is 3. The Morgan fingerprint density at radius 2 is 0.569 bits per heavy atom. The molecule has 3 N–H and O–H groups in total. The van der Waals surface area contributed by atoms with Gasteiger partial charge in [-0.3, -0.25) is 0 Å². The van der Waals surface area contributed by atoms with Crippen molar-refractivity contribution in [3.63, 3.8) is 0 Å². The van der Waals surface area contributed by atoms with Gasteiger partial charge in [0.05, 0.1) is 36.5 Å². The number of carbonyl (C=O) groups is 3. The van der Waals surface area contributed by atoms with Crippen LogP contribution in [0.5, 0.6) is 0 Å². The quantitative estimate of drug-likeness (QED) is 0.0222. The average molecular weight is 990 g/mol. The van der Waals surface area contributed by atoms with E-state index >= 15 is 0 Å². The van der Waals surface area contributed by atoms with Crippen molar-refractivity contribution in [2.45, 2.75) is 213 Å². The Labute approximate surface area is 434 Å². The predicted molar refractivity (Wildman–Crippen MR) is 298 cm³/mol. The van der Waals surface area contributed by atoms with Crippen LogP contribution in [0.4, 0.5) is 34.6 Å². The molecule has 0 radical (unpaired) electrons. The van der Waals surface area contributed by atoms with E-state index in [1.54, 1.807) is 54.6 Å². The Morgan fingerprint density at radius 1 is 0.333 bits per heavy atom. The van der Waals surface area contributed by atoms with Crippen molar-refractivity contribution >= 4 is 52.6 Å². The lowest BCUT2D eigenvalue weighted by molar-refractivity contribution is 0.0488. The summed E-state index contributed by atoms with van der Waals surface area (Å²) >= 11 is 0. The molecule has 0 aliphatic heterocycles. The predicted octanol–water partition coefficient (Wildman–Crippen LogP) is 17.9. The summed E-state index contributed by atoms with van der Waals surface area (Å²) in [6.45, 7) is 7.99. The first kappa shape index (κ1) is 59.1. The summed E-state index contributed by atoms with van der Waals surface area (Å²) in [6, 6.07) is 23.1. The normalized spacial score (nSPS) is 11.0. The monoisotopic (exact) mass is 990 g/mol. The molecule has 0 atom stereocenters. The second-order valence-electron chi connectivity index (χ2n) is 19.5. The second kappa shape index (κ2) is 38.2. The molecule has 0 amide bonds. The van der Waals surface area contributed by atoms with Gasteiger partial charge in [-0.05, 0) is 92.1 Å². The third-order valence-electron chi connectivity index (χ3n) is 13.1. The number of hydrogen-bond acceptors (Lipinski definition) is 11. The minimum Gasteiger partial charge on any atom is -0.462 e. The number of ether oxygens (including phenoxy) is 3. The lowest BCUT2D eigenvalue weighted by atomic mass is 10.1. The van der Waals surface area contributed by atoms with Crippen LogP contribution in [0.1, 0.15) is 244 Å². The van der Waals surface area contributed by atoms with E-state index in [0.717, 1.165) is 49.9 Å². The molecule has 396 valence electrons. The van der Waals surface area contributed by atoms with Gasteiger partial charge in [-0.1, -0.05) is 194 Å². The first-order chi connectivity index (χ1) is 35.4. The fraction of sp³-hybridized carbons (Fsp3) is 0.590. The molecule has 0 aliphatic carbocycles. The van der Waals surface area contributed by atoms with Crippen LogP contribution >= 0.6 is 0 Å². The Hall–Kier alpha value is -5.45. The molecule has 4 aromatic rings. The van der Waals surface area contributed by atoms with Gasteiger partial charge in [-0.25, -0.2) is 14.4 Å². The number of hydrogen-bond donors (Lipinski definition) is 3. The number of rotatable bonds is 42. The Kier molecular flexibility index (Phi) is 31.4. The molecule has 1 heterocycles. The molecule has 4 rings (SSSR count). The molecule has 3 aromatic carbocycles. The highest BCUT2D eigenvalue weighted by molar-refractivity contribution is 5.91. The van der Waals surface area contributed by atoms with Crippen molar-refractivity contribution in [2.75, 3.05) is 35.8 Å². The summed E-state index contributed by atoms with van der Waals surface area (Å²) in [5.41, 5.74) is 3.57. The molecule has 0 spiro atoms. The van der Waals surface area contributed by atoms with Crippen molar-refractivity contribution < 1.29 is 28.6 Å². The summed E-state index contributed by atoms with van der Waals surface area (Å²) in [7, 11) is 0. The molecule has 1 aromatic heterocycles. The Morgan fingerprint density at radius 3 is 0.833 bits per heavy atom. The molecule has 0 aliphatic rings. The number of aromatic nitrogens is 2. The molecule has 0 saturated heterocycles. The van der Waals surface area contributed by atoms with Crippen molar-refractivity contribution in [3.8, 4) is 0 Å². The van der Waals surface area contributed by atoms with Crippen LogP contribution in [0, 0.1) is 0 Å². The van der Waals surface area contributed by atoms with Gasteiger partial charge in [0, 0.05) is 23.1 Å². The maximum atomic E-state index is 12.9. The summed E-state index contributed by atoms with van der Waals surface area (Å²) in [5.74, 6) is 0.279. The lowest BCUT2D eigenvalue weighted by Gasteiger charge is -2.13. The van der Waals surface area contributed by atoms with Crippen molar-refractivity contribution in [1.82, 2.24) is 9.97 Å². The first-order valence-corrected chi connectivity index (χ1v) is 28.4. The van der Waals surface area contributed by atoms with Gasteiger partial charge < -0.3 is 30.2 Å². The van der Waals surface area contributed by atoms with Gasteiger partial charge in [0.2, 0.25) is 5.95 Å². The van der Waals surface area contributed by atoms with Crippen molar-refractivity contribution in [3.05, 3.63) is 95.6 Å². The van der Waals surface area contributed by atoms with E-state index in [1.165, 1.54) is 154 Å². The maximum Gasteiger partial charge on any atom is 0.338 e. The minimum absolute atomic E-state index is 0.304. The van der Waals surface area contributed by atoms with Crippen LogP contribution in [-0.4, -0.2) is 47.7 Å². The van der Waals surface area contributed by atoms with Gasteiger partial charge in [0.1, 0.15) is 11.6 Å². The molecule has 0 fully saturated rings. The van der Waals surface area contributed by atoms with Gasteiger partial charge in [-0.2, -0.15) is 9.97 Å². The second-order valence-corrected chi connectivity index (χ2v) is 19.5. The molecular weight excluding hydrogens is 899 g/mol. The largest absolute Gasteiger partial charge is 0.462 e. The van der Waals surface area contributed by atoms with E-state index in [1.807, 2.05) is 24.3 Å². The Balaban J connectivity index is 1.31. The van der Waals surface area contributed by atoms with Crippen molar-refractivity contribution in [2.24, 2.45) is 0 Å². The molecular formula is C61H91N5O6. The summed E-state index contributed by atoms with van der Waals surface area (Å²) in [5, 5.41) is 9.98. The topological polar surface area (TPSA) is 141 Å². The first-order valence-electron chi connectivity index (χ1n) is 28.4. The van der Waals surface area contributed by atoms with Crippen LogP contribution in [0.2, 0.25) is 0 Å². The average Bonchev–Trinajstić information content (AvgIpc) is 3.39. The van der Waals surface area contributed by atoms with Crippen LogP contribution < -0.4 is 16.0 Å². The zero-order valence-electron chi connectivity index (χ0n) is 44.7. The molecule has 11 nitrogen and oxygen atoms in total. The third kappa shape index (κ3) is 26.3. The third-order valence-corrected chi connectivity index (χ3v) is 13.1. The van der Waals surface area contributed by atoms with Gasteiger partial charge in [0.15, 0.2) is 0 Å².